The molecular formula is C21H19Cl2N5O4. The Morgan fingerprint density at radius 2 is 1.78 bits per heavy atom. The number of amides is 4. The predicted molar refractivity (Wildman–Crippen MR) is 119 cm³/mol. The lowest BCUT2D eigenvalue weighted by atomic mass is 9.97. The van der Waals surface area contributed by atoms with Gasteiger partial charge in [-0.15, -0.1) is 0 Å². The lowest BCUT2D eigenvalue weighted by molar-refractivity contribution is -0.122. The number of nitrogens with two attached hydrogens (primary N) is 1. The van der Waals surface area contributed by atoms with Crippen molar-refractivity contribution in [3.8, 4) is 0 Å². The molecule has 0 bridgehead atoms. The first-order valence-corrected chi connectivity index (χ1v) is 10.7. The van der Waals surface area contributed by atoms with Crippen LogP contribution in [0.4, 0.5) is 11.5 Å². The number of piperidine rings is 1. The molecule has 1 fully saturated rings. The highest BCUT2D eigenvalue weighted by molar-refractivity contribution is 6.43. The molecule has 166 valence electrons. The highest BCUT2D eigenvalue weighted by atomic mass is 35.5. The van der Waals surface area contributed by atoms with Gasteiger partial charge in [0.25, 0.3) is 11.8 Å². The van der Waals surface area contributed by atoms with Gasteiger partial charge in [-0.1, -0.05) is 23.2 Å². The molecular weight excluding hydrogens is 457 g/mol. The summed E-state index contributed by atoms with van der Waals surface area (Å²) in [6, 6.07) is 6.04. The summed E-state index contributed by atoms with van der Waals surface area (Å²) < 4.78 is 0. The molecule has 11 heteroatoms. The zero-order chi connectivity index (χ0) is 23.0. The summed E-state index contributed by atoms with van der Waals surface area (Å²) >= 11 is 11.9. The molecule has 0 spiro atoms. The minimum absolute atomic E-state index is 0.110. The molecule has 0 aliphatic carbocycles. The van der Waals surface area contributed by atoms with Crippen LogP contribution in [0.3, 0.4) is 0 Å². The number of carbonyl (C=O) groups excluding carboxylic acids is 4. The highest BCUT2D eigenvalue weighted by Gasteiger charge is 2.37. The summed E-state index contributed by atoms with van der Waals surface area (Å²) in [5, 5.41) is 2.93. The number of hydrogen-bond donors (Lipinski definition) is 2. The number of aromatic nitrogens is 1. The zero-order valence-electron chi connectivity index (χ0n) is 16.8. The van der Waals surface area contributed by atoms with Gasteiger partial charge in [-0.3, -0.25) is 24.1 Å². The van der Waals surface area contributed by atoms with Gasteiger partial charge < -0.3 is 16.0 Å². The van der Waals surface area contributed by atoms with Gasteiger partial charge in [-0.25, -0.2) is 4.98 Å². The maximum Gasteiger partial charge on any atom is 0.262 e. The predicted octanol–water partition coefficient (Wildman–Crippen LogP) is 2.32. The maximum atomic E-state index is 12.5. The molecule has 2 aliphatic heterocycles. The fourth-order valence-electron chi connectivity index (χ4n) is 3.84. The molecule has 1 atom stereocenters. The summed E-state index contributed by atoms with van der Waals surface area (Å²) in [5.41, 5.74) is 6.04. The van der Waals surface area contributed by atoms with Crippen LogP contribution in [0, 0.1) is 5.92 Å². The molecule has 1 saturated heterocycles. The standard InChI is InChI=1S/C21H19Cl2N5O4/c22-15-6-13-14(7-16(15)23)21(32)28(20(13)31)10-18(29)26-12-3-4-17(25-8-12)27-5-1-2-11(9-27)19(24)30/h3-4,6-8,11H,1-2,5,9-10H2,(H2,24,30)(H,26,29). The lowest BCUT2D eigenvalue weighted by Crippen LogP contribution is -2.41. The third-order valence-corrected chi connectivity index (χ3v) is 6.21. The smallest absolute Gasteiger partial charge is 0.262 e. The van der Waals surface area contributed by atoms with Crippen LogP contribution in [-0.2, 0) is 9.59 Å². The topological polar surface area (TPSA) is 126 Å². The van der Waals surface area contributed by atoms with E-state index in [-0.39, 0.29) is 33.0 Å². The van der Waals surface area contributed by atoms with E-state index in [2.05, 4.69) is 10.3 Å². The van der Waals surface area contributed by atoms with Crippen LogP contribution >= 0.6 is 23.2 Å². The third kappa shape index (κ3) is 4.26. The van der Waals surface area contributed by atoms with Gasteiger partial charge in [-0.2, -0.15) is 0 Å². The van der Waals surface area contributed by atoms with E-state index in [0.29, 0.717) is 18.1 Å². The Morgan fingerprint density at radius 1 is 1.12 bits per heavy atom. The summed E-state index contributed by atoms with van der Waals surface area (Å²) in [5.74, 6) is -1.64. The van der Waals surface area contributed by atoms with Crippen LogP contribution < -0.4 is 16.0 Å². The van der Waals surface area contributed by atoms with Gasteiger partial charge in [0.15, 0.2) is 0 Å². The number of nitrogens with one attached hydrogen (secondary N) is 1. The molecule has 4 amide bonds. The number of fused-ring (bicyclic) bond motifs is 1. The Balaban J connectivity index is 1.39. The van der Waals surface area contributed by atoms with Crippen molar-refractivity contribution in [1.29, 1.82) is 0 Å². The van der Waals surface area contributed by atoms with Gasteiger partial charge >= 0.3 is 0 Å². The van der Waals surface area contributed by atoms with Gasteiger partial charge in [0.05, 0.1) is 39.0 Å². The molecule has 2 aliphatic rings. The molecule has 1 aromatic heterocycles. The average molecular weight is 476 g/mol. The Kier molecular flexibility index (Phi) is 6.03. The van der Waals surface area contributed by atoms with E-state index in [9.17, 15) is 19.2 Å². The number of nitrogens with zero attached hydrogens (tertiary/aromatic N) is 3. The molecule has 3 heterocycles. The number of anilines is 2. The third-order valence-electron chi connectivity index (χ3n) is 5.49. The molecule has 0 saturated carbocycles. The van der Waals surface area contributed by atoms with Crippen molar-refractivity contribution >= 4 is 58.3 Å². The minimum atomic E-state index is -0.610. The zero-order valence-corrected chi connectivity index (χ0v) is 18.3. The van der Waals surface area contributed by atoms with Crippen molar-refractivity contribution in [3.63, 3.8) is 0 Å². The number of halogens is 2. The van der Waals surface area contributed by atoms with Gasteiger partial charge in [-0.05, 0) is 37.1 Å². The molecule has 4 rings (SSSR count). The van der Waals surface area contributed by atoms with Crippen molar-refractivity contribution in [2.75, 3.05) is 29.9 Å². The molecule has 0 radical (unpaired) electrons. The van der Waals surface area contributed by atoms with E-state index < -0.39 is 24.3 Å². The molecule has 3 N–H and O–H groups in total. The van der Waals surface area contributed by atoms with E-state index in [1.54, 1.807) is 12.1 Å². The lowest BCUT2D eigenvalue weighted by Gasteiger charge is -2.32. The largest absolute Gasteiger partial charge is 0.369 e. The van der Waals surface area contributed by atoms with Crippen LogP contribution in [0.2, 0.25) is 10.0 Å². The Morgan fingerprint density at radius 3 is 2.34 bits per heavy atom. The van der Waals surface area contributed by atoms with Crippen molar-refractivity contribution < 1.29 is 19.2 Å². The van der Waals surface area contributed by atoms with E-state index in [0.717, 1.165) is 24.3 Å². The SMILES string of the molecule is NC(=O)C1CCCN(c2ccc(NC(=O)CN3C(=O)c4cc(Cl)c(Cl)cc4C3=O)cn2)C1. The average Bonchev–Trinajstić information content (AvgIpc) is 2.99. The second-order valence-corrected chi connectivity index (χ2v) is 8.46. The number of imide groups is 1. The number of primary amides is 1. The maximum absolute atomic E-state index is 12.5. The second-order valence-electron chi connectivity index (χ2n) is 7.65. The van der Waals surface area contributed by atoms with Crippen molar-refractivity contribution in [3.05, 3.63) is 51.6 Å². The Labute approximate surface area is 193 Å². The summed E-state index contributed by atoms with van der Waals surface area (Å²) in [4.78, 5) is 56.1. The van der Waals surface area contributed by atoms with Crippen LogP contribution in [0.1, 0.15) is 33.6 Å². The molecule has 1 unspecified atom stereocenters. The normalized spacial score (nSPS) is 18.0. The number of carbonyl (C=O) groups is 4. The van der Waals surface area contributed by atoms with Crippen LogP contribution in [0.25, 0.3) is 0 Å². The molecule has 2 aromatic rings. The number of pyridine rings is 1. The van der Waals surface area contributed by atoms with Crippen molar-refractivity contribution in [2.45, 2.75) is 12.8 Å². The monoisotopic (exact) mass is 475 g/mol. The molecule has 1 aromatic carbocycles. The first kappa shape index (κ1) is 22.0. The van der Waals surface area contributed by atoms with Gasteiger partial charge in [0, 0.05) is 13.1 Å². The summed E-state index contributed by atoms with van der Waals surface area (Å²) in [6.45, 7) is 0.799. The van der Waals surface area contributed by atoms with Gasteiger partial charge in [0.2, 0.25) is 11.8 Å². The van der Waals surface area contributed by atoms with Crippen LogP contribution in [-0.4, -0.2) is 53.1 Å². The van der Waals surface area contributed by atoms with Gasteiger partial charge in [0.1, 0.15) is 12.4 Å². The first-order chi connectivity index (χ1) is 15.2. The number of benzene rings is 1. The van der Waals surface area contributed by atoms with Crippen molar-refractivity contribution in [1.82, 2.24) is 9.88 Å². The minimum Gasteiger partial charge on any atom is -0.369 e. The first-order valence-electron chi connectivity index (χ1n) is 9.90. The fourth-order valence-corrected chi connectivity index (χ4v) is 4.16. The van der Waals surface area contributed by atoms with Crippen molar-refractivity contribution in [2.24, 2.45) is 11.7 Å². The molecule has 9 nitrogen and oxygen atoms in total. The quantitative estimate of drug-likeness (QED) is 0.639. The highest BCUT2D eigenvalue weighted by Crippen LogP contribution is 2.31. The summed E-state index contributed by atoms with van der Waals surface area (Å²) in [7, 11) is 0. The molecule has 32 heavy (non-hydrogen) atoms. The fraction of sp³-hybridized carbons (Fsp3) is 0.286. The number of rotatable bonds is 5. The Hall–Kier alpha value is -3.17. The Bertz CT molecular complexity index is 1080. The van der Waals surface area contributed by atoms with Crippen LogP contribution in [0.15, 0.2) is 30.5 Å². The van der Waals surface area contributed by atoms with E-state index in [1.807, 2.05) is 4.90 Å². The van der Waals surface area contributed by atoms with E-state index in [4.69, 9.17) is 28.9 Å². The van der Waals surface area contributed by atoms with Crippen LogP contribution in [0.5, 0.6) is 0 Å². The van der Waals surface area contributed by atoms with E-state index >= 15 is 0 Å². The van der Waals surface area contributed by atoms with E-state index in [1.165, 1.54) is 18.3 Å². The second kappa shape index (κ2) is 8.76. The summed E-state index contributed by atoms with van der Waals surface area (Å²) in [6.07, 6.45) is 3.07. The number of hydrogen-bond acceptors (Lipinski definition) is 6.